The van der Waals surface area contributed by atoms with E-state index in [1.165, 1.54) is 0 Å². The molecule has 2 aromatic rings. The van der Waals surface area contributed by atoms with Crippen LogP contribution in [0.1, 0.15) is 41.5 Å². The van der Waals surface area contributed by atoms with Crippen LogP contribution >= 0.6 is 0 Å². The topological polar surface area (TPSA) is 80.3 Å². The van der Waals surface area contributed by atoms with Gasteiger partial charge in [-0.2, -0.15) is 0 Å². The van der Waals surface area contributed by atoms with Gasteiger partial charge in [-0.15, -0.1) is 0 Å². The molecule has 2 rings (SSSR count). The minimum atomic E-state index is -0.524. The molecule has 2 aromatic carbocycles. The van der Waals surface area contributed by atoms with Crippen molar-refractivity contribution in [3.63, 3.8) is 0 Å². The van der Waals surface area contributed by atoms with E-state index in [1.54, 1.807) is 48.5 Å². The highest BCUT2D eigenvalue weighted by molar-refractivity contribution is 5.75. The second-order valence-corrected chi connectivity index (χ2v) is 9.51. The number of carbonyl (C=O) groups excluding carboxylic acids is 2. The van der Waals surface area contributed by atoms with Gasteiger partial charge >= 0.3 is 11.9 Å². The van der Waals surface area contributed by atoms with Crippen LogP contribution in [0.3, 0.4) is 0 Å². The van der Waals surface area contributed by atoms with Crippen LogP contribution in [-0.4, -0.2) is 38.4 Å². The maximum absolute atomic E-state index is 11.7. The molecule has 0 bridgehead atoms. The van der Waals surface area contributed by atoms with Gasteiger partial charge in [-0.3, -0.25) is 9.59 Å². The fourth-order valence-electron chi connectivity index (χ4n) is 2.36. The molecule has 0 saturated heterocycles. The predicted molar refractivity (Wildman–Crippen MR) is 125 cm³/mol. The van der Waals surface area contributed by atoms with Gasteiger partial charge in [0.25, 0.3) is 0 Å². The lowest BCUT2D eigenvalue weighted by molar-refractivity contribution is -0.154. The van der Waals surface area contributed by atoms with E-state index in [4.69, 9.17) is 23.7 Å². The van der Waals surface area contributed by atoms with Gasteiger partial charge in [0.15, 0.2) is 0 Å². The maximum Gasteiger partial charge on any atom is 0.311 e. The highest BCUT2D eigenvalue weighted by Crippen LogP contribution is 2.26. The molecule has 0 spiro atoms. The average molecular weight is 459 g/mol. The lowest BCUT2D eigenvalue weighted by atomic mass is 9.97. The molecule has 7 nitrogen and oxygen atoms in total. The van der Waals surface area contributed by atoms with Gasteiger partial charge in [-0.1, -0.05) is 0 Å². The van der Waals surface area contributed by atoms with Crippen molar-refractivity contribution in [1.82, 2.24) is 0 Å². The summed E-state index contributed by atoms with van der Waals surface area (Å²) < 4.78 is 27.4. The molecule has 0 fully saturated rings. The third-order valence-corrected chi connectivity index (χ3v) is 4.28. The van der Waals surface area contributed by atoms with Crippen LogP contribution in [0.15, 0.2) is 48.5 Å². The van der Waals surface area contributed by atoms with Crippen molar-refractivity contribution in [3.05, 3.63) is 48.5 Å². The summed E-state index contributed by atoms with van der Waals surface area (Å²) >= 11 is 0. The first-order valence-corrected chi connectivity index (χ1v) is 10.9. The smallest absolute Gasteiger partial charge is 0.311 e. The zero-order chi connectivity index (χ0) is 24.5. The van der Waals surface area contributed by atoms with E-state index >= 15 is 0 Å². The van der Waals surface area contributed by atoms with Crippen LogP contribution < -0.4 is 14.2 Å². The second-order valence-electron chi connectivity index (χ2n) is 9.51. The fourth-order valence-corrected chi connectivity index (χ4v) is 2.36. The van der Waals surface area contributed by atoms with Crippen LogP contribution in [0.25, 0.3) is 0 Å². The molecule has 0 amide bonds. The number of rotatable bonds is 10. The third kappa shape index (κ3) is 9.43. The van der Waals surface area contributed by atoms with E-state index in [9.17, 15) is 9.59 Å². The number of benzene rings is 2. The van der Waals surface area contributed by atoms with Crippen molar-refractivity contribution in [3.8, 4) is 23.0 Å². The number of hydrogen-bond donors (Lipinski definition) is 0. The first-order valence-electron chi connectivity index (χ1n) is 10.9. The molecule has 33 heavy (non-hydrogen) atoms. The number of carbonyl (C=O) groups is 2. The largest absolute Gasteiger partial charge is 0.490 e. The number of esters is 2. The Morgan fingerprint density at radius 3 is 1.15 bits per heavy atom. The average Bonchev–Trinajstić information content (AvgIpc) is 2.75. The highest BCUT2D eigenvalue weighted by atomic mass is 16.6. The Morgan fingerprint density at radius 2 is 0.848 bits per heavy atom. The lowest BCUT2D eigenvalue weighted by Crippen LogP contribution is -2.24. The van der Waals surface area contributed by atoms with Crippen molar-refractivity contribution in [2.75, 3.05) is 26.4 Å². The SMILES string of the molecule is CC(C)(C)C(=O)OCCOc1ccc(Oc2ccc(OCCOC(=O)C(C)(C)C)cc2)cc1. The fraction of sp³-hybridized carbons (Fsp3) is 0.462. The van der Waals surface area contributed by atoms with Gasteiger partial charge in [0.2, 0.25) is 0 Å². The van der Waals surface area contributed by atoms with Gasteiger partial charge < -0.3 is 23.7 Å². The van der Waals surface area contributed by atoms with Crippen LogP contribution in [-0.2, 0) is 19.1 Å². The normalized spacial score (nSPS) is 11.5. The van der Waals surface area contributed by atoms with Crippen LogP contribution in [0.4, 0.5) is 0 Å². The zero-order valence-corrected chi connectivity index (χ0v) is 20.3. The van der Waals surface area contributed by atoms with Crippen molar-refractivity contribution in [2.45, 2.75) is 41.5 Å². The minimum absolute atomic E-state index is 0.196. The standard InChI is InChI=1S/C26H34O7/c1-25(2,3)23(27)31-17-15-29-19-7-11-21(12-8-19)33-22-13-9-20(10-14-22)30-16-18-32-24(28)26(4,5)6/h7-14H,15-18H2,1-6H3. The van der Waals surface area contributed by atoms with E-state index < -0.39 is 10.8 Å². The zero-order valence-electron chi connectivity index (χ0n) is 20.3. The van der Waals surface area contributed by atoms with Gasteiger partial charge in [0.05, 0.1) is 10.8 Å². The maximum atomic E-state index is 11.7. The van der Waals surface area contributed by atoms with Crippen LogP contribution in [0, 0.1) is 10.8 Å². The third-order valence-electron chi connectivity index (χ3n) is 4.28. The van der Waals surface area contributed by atoms with Gasteiger partial charge in [0, 0.05) is 0 Å². The quantitative estimate of drug-likeness (QED) is 0.348. The van der Waals surface area contributed by atoms with E-state index in [0.717, 1.165) is 0 Å². The highest BCUT2D eigenvalue weighted by Gasteiger charge is 2.23. The first-order chi connectivity index (χ1) is 15.4. The Hall–Kier alpha value is -3.22. The molecule has 180 valence electrons. The summed E-state index contributed by atoms with van der Waals surface area (Å²) in [6.45, 7) is 11.8. The van der Waals surface area contributed by atoms with E-state index in [-0.39, 0.29) is 38.4 Å². The summed E-state index contributed by atoms with van der Waals surface area (Å²) in [7, 11) is 0. The molecule has 0 unspecified atom stereocenters. The Morgan fingerprint density at radius 1 is 0.545 bits per heavy atom. The molecule has 0 atom stereocenters. The Labute approximate surface area is 195 Å². The van der Waals surface area contributed by atoms with Crippen molar-refractivity contribution in [2.24, 2.45) is 10.8 Å². The van der Waals surface area contributed by atoms with E-state index in [2.05, 4.69) is 0 Å². The predicted octanol–water partition coefficient (Wildman–Crippen LogP) is 5.42. The Bertz CT molecular complexity index is 813. The molecule has 0 aliphatic rings. The molecule has 0 aliphatic heterocycles. The van der Waals surface area contributed by atoms with Crippen molar-refractivity contribution >= 4 is 11.9 Å². The number of ether oxygens (including phenoxy) is 5. The first kappa shape index (κ1) is 26.0. The van der Waals surface area contributed by atoms with E-state index in [1.807, 2.05) is 41.5 Å². The summed E-state index contributed by atoms with van der Waals surface area (Å²) in [5, 5.41) is 0. The lowest BCUT2D eigenvalue weighted by Gasteiger charge is -2.16. The minimum Gasteiger partial charge on any atom is -0.490 e. The summed E-state index contributed by atoms with van der Waals surface area (Å²) in [6.07, 6.45) is 0. The second kappa shape index (κ2) is 11.6. The van der Waals surface area contributed by atoms with E-state index in [0.29, 0.717) is 23.0 Å². The van der Waals surface area contributed by atoms with Crippen LogP contribution in [0.5, 0.6) is 23.0 Å². The summed E-state index contributed by atoms with van der Waals surface area (Å²) in [4.78, 5) is 23.4. The molecule has 7 heteroatoms. The molecule has 0 aromatic heterocycles. The molecule has 0 N–H and O–H groups in total. The van der Waals surface area contributed by atoms with Crippen molar-refractivity contribution < 1.29 is 33.3 Å². The molecule has 0 heterocycles. The molecule has 0 aliphatic carbocycles. The molecular weight excluding hydrogens is 424 g/mol. The van der Waals surface area contributed by atoms with Crippen LogP contribution in [0.2, 0.25) is 0 Å². The summed E-state index contributed by atoms with van der Waals surface area (Å²) in [6, 6.07) is 14.3. The van der Waals surface area contributed by atoms with Gasteiger partial charge in [-0.05, 0) is 90.1 Å². The summed E-state index contributed by atoms with van der Waals surface area (Å²) in [5.41, 5.74) is -1.05. The summed E-state index contributed by atoms with van der Waals surface area (Å²) in [5.74, 6) is 2.12. The Kier molecular flexibility index (Phi) is 9.14. The molecular formula is C26H34O7. The molecule has 0 radical (unpaired) electrons. The van der Waals surface area contributed by atoms with Gasteiger partial charge in [0.1, 0.15) is 49.4 Å². The van der Waals surface area contributed by atoms with Gasteiger partial charge in [-0.25, -0.2) is 0 Å². The van der Waals surface area contributed by atoms with Crippen molar-refractivity contribution in [1.29, 1.82) is 0 Å². The monoisotopic (exact) mass is 458 g/mol. The number of hydrogen-bond acceptors (Lipinski definition) is 7. The molecule has 0 saturated carbocycles. The Balaban J connectivity index is 1.72.